The highest BCUT2D eigenvalue weighted by molar-refractivity contribution is 5.18. The summed E-state index contributed by atoms with van der Waals surface area (Å²) in [5.41, 5.74) is 7.81. The second-order valence-corrected chi connectivity index (χ2v) is 6.35. The van der Waals surface area contributed by atoms with E-state index >= 15 is 0 Å². The Morgan fingerprint density at radius 1 is 1.10 bits per heavy atom. The van der Waals surface area contributed by atoms with Gasteiger partial charge in [0.05, 0.1) is 0 Å². The van der Waals surface area contributed by atoms with E-state index in [2.05, 4.69) is 19.0 Å². The van der Waals surface area contributed by atoms with Crippen LogP contribution in [0.5, 0.6) is 0 Å². The minimum atomic E-state index is -0.181. The van der Waals surface area contributed by atoms with E-state index in [1.165, 1.54) is 50.7 Å². The Hall–Kier alpha value is -0.930. The van der Waals surface area contributed by atoms with E-state index in [9.17, 15) is 4.39 Å². The van der Waals surface area contributed by atoms with Gasteiger partial charge in [0.25, 0.3) is 0 Å². The minimum Gasteiger partial charge on any atom is -0.326 e. The fourth-order valence-corrected chi connectivity index (χ4v) is 3.55. The Morgan fingerprint density at radius 2 is 1.65 bits per heavy atom. The average molecular weight is 278 g/mol. The van der Waals surface area contributed by atoms with Crippen molar-refractivity contribution in [2.45, 2.75) is 56.5 Å². The lowest BCUT2D eigenvalue weighted by molar-refractivity contribution is 0.0968. The Balaban J connectivity index is 2.13. The van der Waals surface area contributed by atoms with Crippen molar-refractivity contribution < 1.29 is 4.39 Å². The Bertz CT molecular complexity index is 406. The smallest absolute Gasteiger partial charge is 0.123 e. The van der Waals surface area contributed by atoms with Gasteiger partial charge in [0.1, 0.15) is 5.82 Å². The predicted octanol–water partition coefficient (Wildman–Crippen LogP) is 3.35. The fraction of sp³-hybridized carbons (Fsp3) is 0.647. The maximum atomic E-state index is 13.0. The Labute approximate surface area is 122 Å². The Morgan fingerprint density at radius 3 is 2.15 bits per heavy atom. The molecule has 1 aromatic rings. The van der Waals surface area contributed by atoms with Gasteiger partial charge < -0.3 is 10.6 Å². The first-order chi connectivity index (χ1) is 9.54. The standard InChI is InChI=1S/C17H27FN2/c1-20(2)17(11-5-3-4-6-12-17)16(19)13-14-7-9-15(18)10-8-14/h7-10,16H,3-6,11-13,19H2,1-2H3. The van der Waals surface area contributed by atoms with Gasteiger partial charge in [-0.1, -0.05) is 37.8 Å². The van der Waals surface area contributed by atoms with Crippen LogP contribution in [0.1, 0.15) is 44.1 Å². The molecule has 0 aliphatic heterocycles. The molecule has 1 saturated carbocycles. The van der Waals surface area contributed by atoms with E-state index in [-0.39, 0.29) is 17.4 Å². The SMILES string of the molecule is CN(C)C1(C(N)Cc2ccc(F)cc2)CCCCCC1. The van der Waals surface area contributed by atoms with Gasteiger partial charge in [0.2, 0.25) is 0 Å². The lowest BCUT2D eigenvalue weighted by Gasteiger charge is -2.44. The highest BCUT2D eigenvalue weighted by Crippen LogP contribution is 2.34. The summed E-state index contributed by atoms with van der Waals surface area (Å²) in [4.78, 5) is 2.33. The quantitative estimate of drug-likeness (QED) is 0.856. The highest BCUT2D eigenvalue weighted by atomic mass is 19.1. The van der Waals surface area contributed by atoms with Crippen LogP contribution < -0.4 is 5.73 Å². The van der Waals surface area contributed by atoms with Crippen LogP contribution in [-0.2, 0) is 6.42 Å². The number of nitrogens with two attached hydrogens (primary N) is 1. The van der Waals surface area contributed by atoms with E-state index in [0.29, 0.717) is 0 Å². The maximum Gasteiger partial charge on any atom is 0.123 e. The molecule has 112 valence electrons. The number of rotatable bonds is 4. The first-order valence-electron chi connectivity index (χ1n) is 7.72. The normalized spacial score (nSPS) is 20.6. The van der Waals surface area contributed by atoms with Crippen molar-refractivity contribution in [3.63, 3.8) is 0 Å². The predicted molar refractivity (Wildman–Crippen MR) is 82.2 cm³/mol. The van der Waals surface area contributed by atoms with E-state index in [1.54, 1.807) is 0 Å². The number of likely N-dealkylation sites (N-methyl/N-ethyl adjacent to an activating group) is 1. The average Bonchev–Trinajstić information content (AvgIpc) is 2.68. The summed E-state index contributed by atoms with van der Waals surface area (Å²) in [5.74, 6) is -0.181. The topological polar surface area (TPSA) is 29.3 Å². The fourth-order valence-electron chi connectivity index (χ4n) is 3.55. The monoisotopic (exact) mass is 278 g/mol. The first kappa shape index (κ1) is 15.5. The number of halogens is 1. The molecule has 0 radical (unpaired) electrons. The summed E-state index contributed by atoms with van der Waals surface area (Å²) in [6.45, 7) is 0. The second-order valence-electron chi connectivity index (χ2n) is 6.35. The van der Waals surface area contributed by atoms with Crippen LogP contribution in [0.2, 0.25) is 0 Å². The van der Waals surface area contributed by atoms with Crippen molar-refractivity contribution in [1.82, 2.24) is 4.90 Å². The molecule has 1 aliphatic rings. The molecule has 0 heterocycles. The van der Waals surface area contributed by atoms with Gasteiger partial charge in [-0.05, 0) is 51.1 Å². The van der Waals surface area contributed by atoms with E-state index in [1.807, 2.05) is 12.1 Å². The molecule has 20 heavy (non-hydrogen) atoms. The van der Waals surface area contributed by atoms with Gasteiger partial charge in [0, 0.05) is 11.6 Å². The van der Waals surface area contributed by atoms with Crippen LogP contribution in [0.25, 0.3) is 0 Å². The zero-order valence-corrected chi connectivity index (χ0v) is 12.7. The molecule has 0 aromatic heterocycles. The molecule has 0 bridgehead atoms. The summed E-state index contributed by atoms with van der Waals surface area (Å²) < 4.78 is 13.0. The van der Waals surface area contributed by atoms with Crippen LogP contribution in [-0.4, -0.2) is 30.6 Å². The summed E-state index contributed by atoms with van der Waals surface area (Å²) in [5, 5.41) is 0. The van der Waals surface area contributed by atoms with Gasteiger partial charge in [-0.15, -0.1) is 0 Å². The summed E-state index contributed by atoms with van der Waals surface area (Å²) in [7, 11) is 4.30. The van der Waals surface area contributed by atoms with E-state index in [4.69, 9.17) is 5.73 Å². The summed E-state index contributed by atoms with van der Waals surface area (Å²) in [6.07, 6.45) is 8.31. The van der Waals surface area contributed by atoms with Gasteiger partial charge in [-0.3, -0.25) is 0 Å². The number of hydrogen-bond donors (Lipinski definition) is 1. The third-order valence-corrected chi connectivity index (χ3v) is 4.92. The molecule has 2 rings (SSSR count). The molecule has 0 amide bonds. The van der Waals surface area contributed by atoms with Crippen molar-refractivity contribution in [2.75, 3.05) is 14.1 Å². The molecule has 1 atom stereocenters. The first-order valence-corrected chi connectivity index (χ1v) is 7.72. The van der Waals surface area contributed by atoms with Crippen molar-refractivity contribution in [1.29, 1.82) is 0 Å². The maximum absolute atomic E-state index is 13.0. The van der Waals surface area contributed by atoms with Crippen molar-refractivity contribution in [3.8, 4) is 0 Å². The lowest BCUT2D eigenvalue weighted by atomic mass is 9.79. The molecule has 2 N–H and O–H groups in total. The van der Waals surface area contributed by atoms with Crippen LogP contribution in [0.3, 0.4) is 0 Å². The molecule has 1 aromatic carbocycles. The molecular formula is C17H27FN2. The van der Waals surface area contributed by atoms with E-state index < -0.39 is 0 Å². The number of hydrogen-bond acceptors (Lipinski definition) is 2. The zero-order valence-electron chi connectivity index (χ0n) is 12.7. The van der Waals surface area contributed by atoms with Crippen LogP contribution in [0.4, 0.5) is 4.39 Å². The van der Waals surface area contributed by atoms with Gasteiger partial charge in [-0.25, -0.2) is 4.39 Å². The minimum absolute atomic E-state index is 0.0882. The van der Waals surface area contributed by atoms with Gasteiger partial charge >= 0.3 is 0 Å². The molecule has 3 heteroatoms. The van der Waals surface area contributed by atoms with Crippen molar-refractivity contribution in [3.05, 3.63) is 35.6 Å². The number of nitrogens with zero attached hydrogens (tertiary/aromatic N) is 1. The zero-order chi connectivity index (χ0) is 14.6. The van der Waals surface area contributed by atoms with E-state index in [0.717, 1.165) is 12.0 Å². The third kappa shape index (κ3) is 3.39. The summed E-state index contributed by atoms with van der Waals surface area (Å²) in [6, 6.07) is 6.86. The van der Waals surface area contributed by atoms with Crippen LogP contribution in [0, 0.1) is 5.82 Å². The molecule has 1 aliphatic carbocycles. The van der Waals surface area contributed by atoms with Crippen LogP contribution >= 0.6 is 0 Å². The molecule has 1 fully saturated rings. The summed E-state index contributed by atoms with van der Waals surface area (Å²) >= 11 is 0. The lowest BCUT2D eigenvalue weighted by Crippen LogP contribution is -2.58. The largest absolute Gasteiger partial charge is 0.326 e. The van der Waals surface area contributed by atoms with Gasteiger partial charge in [-0.2, -0.15) is 0 Å². The molecule has 0 spiro atoms. The highest BCUT2D eigenvalue weighted by Gasteiger charge is 2.38. The molecular weight excluding hydrogens is 251 g/mol. The van der Waals surface area contributed by atoms with Crippen LogP contribution in [0.15, 0.2) is 24.3 Å². The van der Waals surface area contributed by atoms with Crippen molar-refractivity contribution >= 4 is 0 Å². The third-order valence-electron chi connectivity index (χ3n) is 4.92. The molecule has 1 unspecified atom stereocenters. The van der Waals surface area contributed by atoms with Gasteiger partial charge in [0.15, 0.2) is 0 Å². The molecule has 0 saturated heterocycles. The number of benzene rings is 1. The second kappa shape index (κ2) is 6.68. The molecule has 2 nitrogen and oxygen atoms in total. The Kier molecular flexibility index (Phi) is 5.17. The van der Waals surface area contributed by atoms with Crippen molar-refractivity contribution in [2.24, 2.45) is 5.73 Å².